The van der Waals surface area contributed by atoms with Crippen molar-refractivity contribution in [3.63, 3.8) is 0 Å². The maximum absolute atomic E-state index is 12.9. The number of carbonyl (C=O) groups excluding carboxylic acids is 1. The summed E-state index contributed by atoms with van der Waals surface area (Å²) in [4.78, 5) is 16.3. The maximum Gasteiger partial charge on any atom is 0.261 e. The van der Waals surface area contributed by atoms with Gasteiger partial charge in [0.2, 0.25) is 0 Å². The fourth-order valence-corrected chi connectivity index (χ4v) is 5.09. The van der Waals surface area contributed by atoms with E-state index >= 15 is 0 Å². The van der Waals surface area contributed by atoms with Gasteiger partial charge in [0, 0.05) is 22.2 Å². The highest BCUT2D eigenvalue weighted by Gasteiger charge is 2.30. The fourth-order valence-electron chi connectivity index (χ4n) is 4.16. The van der Waals surface area contributed by atoms with Crippen molar-refractivity contribution in [3.05, 3.63) is 64.4 Å². The van der Waals surface area contributed by atoms with Crippen LogP contribution in [0.1, 0.15) is 29.8 Å². The first kappa shape index (κ1) is 17.3. The van der Waals surface area contributed by atoms with E-state index in [1.807, 2.05) is 47.4 Å². The topological polar surface area (TPSA) is 42.7 Å². The van der Waals surface area contributed by atoms with E-state index in [1.54, 1.807) is 11.3 Å². The number of nitrogens with zero attached hydrogens (tertiary/aromatic N) is 1. The zero-order valence-corrected chi connectivity index (χ0v) is 16.5. The van der Waals surface area contributed by atoms with Crippen molar-refractivity contribution in [2.75, 3.05) is 13.2 Å². The molecule has 0 spiro atoms. The predicted octanol–water partition coefficient (Wildman–Crippen LogP) is 5.56. The van der Waals surface area contributed by atoms with Gasteiger partial charge >= 0.3 is 0 Å². The third-order valence-electron chi connectivity index (χ3n) is 5.51. The highest BCUT2D eigenvalue weighted by atomic mass is 32.1. The Morgan fingerprint density at radius 2 is 2.04 bits per heavy atom. The third-order valence-corrected chi connectivity index (χ3v) is 6.51. The Morgan fingerprint density at radius 1 is 1.18 bits per heavy atom. The summed E-state index contributed by atoms with van der Waals surface area (Å²) >= 11 is 1.79. The predicted molar refractivity (Wildman–Crippen MR) is 112 cm³/mol. The molecule has 0 N–H and O–H groups in total. The largest absolute Gasteiger partial charge is 0.484 e. The van der Waals surface area contributed by atoms with E-state index in [-0.39, 0.29) is 18.6 Å². The molecule has 0 saturated carbocycles. The number of rotatable bonds is 4. The number of carbonyl (C=O) groups is 1. The van der Waals surface area contributed by atoms with E-state index in [4.69, 9.17) is 9.15 Å². The minimum atomic E-state index is 0.0425. The van der Waals surface area contributed by atoms with Crippen LogP contribution in [0.15, 0.2) is 58.3 Å². The van der Waals surface area contributed by atoms with E-state index in [9.17, 15) is 4.79 Å². The Labute approximate surface area is 167 Å². The van der Waals surface area contributed by atoms with E-state index < -0.39 is 0 Å². The first-order chi connectivity index (χ1) is 13.7. The lowest BCUT2D eigenvalue weighted by Gasteiger charge is -2.35. The van der Waals surface area contributed by atoms with Gasteiger partial charge in [-0.3, -0.25) is 4.79 Å². The minimum Gasteiger partial charge on any atom is -0.484 e. The summed E-state index contributed by atoms with van der Waals surface area (Å²) in [6.07, 6.45) is 1.85. The van der Waals surface area contributed by atoms with Crippen LogP contribution in [0.2, 0.25) is 0 Å². The molecule has 0 saturated heterocycles. The number of hydrogen-bond acceptors (Lipinski definition) is 4. The van der Waals surface area contributed by atoms with Gasteiger partial charge in [-0.05, 0) is 54.1 Å². The summed E-state index contributed by atoms with van der Waals surface area (Å²) in [6, 6.07) is 16.0. The van der Waals surface area contributed by atoms with Crippen LogP contribution < -0.4 is 4.74 Å². The summed E-state index contributed by atoms with van der Waals surface area (Å²) in [5.74, 6) is 0.731. The second kappa shape index (κ2) is 6.99. The zero-order valence-electron chi connectivity index (χ0n) is 15.7. The normalized spacial score (nSPS) is 16.5. The lowest BCUT2D eigenvalue weighted by molar-refractivity contribution is -0.136. The van der Waals surface area contributed by atoms with Crippen molar-refractivity contribution < 1.29 is 13.9 Å². The van der Waals surface area contributed by atoms with Crippen molar-refractivity contribution >= 4 is 39.2 Å². The van der Waals surface area contributed by atoms with Crippen LogP contribution in [0.3, 0.4) is 0 Å². The summed E-state index contributed by atoms with van der Waals surface area (Å²) in [5.41, 5.74) is 2.99. The van der Waals surface area contributed by atoms with Crippen LogP contribution in [0.5, 0.6) is 5.75 Å². The van der Waals surface area contributed by atoms with Crippen LogP contribution in [0.4, 0.5) is 0 Å². The molecule has 5 heteroatoms. The minimum absolute atomic E-state index is 0.0425. The Balaban J connectivity index is 1.34. The number of para-hydroxylation sites is 1. The smallest absolute Gasteiger partial charge is 0.261 e. The molecule has 1 atom stereocenters. The Kier molecular flexibility index (Phi) is 4.32. The molecular weight excluding hydrogens is 370 g/mol. The molecule has 0 bridgehead atoms. The molecule has 3 heterocycles. The van der Waals surface area contributed by atoms with Crippen molar-refractivity contribution in [1.82, 2.24) is 4.90 Å². The number of amides is 1. The molecule has 4 aromatic rings. The molecule has 142 valence electrons. The summed E-state index contributed by atoms with van der Waals surface area (Å²) in [6.45, 7) is 2.95. The van der Waals surface area contributed by atoms with Gasteiger partial charge in [0.25, 0.3) is 5.91 Å². The average Bonchev–Trinajstić information content (AvgIpc) is 3.35. The van der Waals surface area contributed by atoms with Crippen molar-refractivity contribution in [2.45, 2.75) is 25.8 Å². The second-order valence-corrected chi connectivity index (χ2v) is 8.11. The monoisotopic (exact) mass is 391 g/mol. The van der Waals surface area contributed by atoms with E-state index in [0.29, 0.717) is 5.75 Å². The van der Waals surface area contributed by atoms with Gasteiger partial charge in [-0.15, -0.1) is 11.3 Å². The molecule has 0 aliphatic carbocycles. The number of ether oxygens (including phenoxy) is 1. The number of hydrogen-bond donors (Lipinski definition) is 0. The lowest BCUT2D eigenvalue weighted by atomic mass is 9.98. The second-order valence-electron chi connectivity index (χ2n) is 7.11. The highest BCUT2D eigenvalue weighted by Crippen LogP contribution is 2.35. The van der Waals surface area contributed by atoms with E-state index in [2.05, 4.69) is 18.4 Å². The number of benzene rings is 2. The summed E-state index contributed by atoms with van der Waals surface area (Å²) in [5, 5.41) is 4.19. The van der Waals surface area contributed by atoms with Gasteiger partial charge in [0.05, 0.1) is 6.04 Å². The number of fused-ring (bicyclic) bond motifs is 4. The van der Waals surface area contributed by atoms with E-state index in [0.717, 1.165) is 41.3 Å². The molecule has 1 aliphatic heterocycles. The Hall–Kier alpha value is -2.79. The molecule has 1 unspecified atom stereocenters. The summed E-state index contributed by atoms with van der Waals surface area (Å²) < 4.78 is 11.7. The van der Waals surface area contributed by atoms with Crippen LogP contribution in [-0.2, 0) is 11.2 Å². The number of furan rings is 1. The lowest BCUT2D eigenvalue weighted by Crippen LogP contribution is -2.41. The van der Waals surface area contributed by atoms with Gasteiger partial charge in [0.15, 0.2) is 6.61 Å². The molecule has 0 radical (unpaired) electrons. The molecule has 28 heavy (non-hydrogen) atoms. The molecule has 0 fully saturated rings. The Morgan fingerprint density at radius 3 is 2.93 bits per heavy atom. The van der Waals surface area contributed by atoms with Crippen LogP contribution >= 0.6 is 11.3 Å². The highest BCUT2D eigenvalue weighted by molar-refractivity contribution is 7.10. The first-order valence-electron chi connectivity index (χ1n) is 9.64. The zero-order chi connectivity index (χ0) is 19.1. The molecule has 2 aromatic carbocycles. The molecule has 1 aliphatic rings. The van der Waals surface area contributed by atoms with Crippen LogP contribution in [-0.4, -0.2) is 24.0 Å². The van der Waals surface area contributed by atoms with Crippen molar-refractivity contribution in [2.24, 2.45) is 0 Å². The van der Waals surface area contributed by atoms with Gasteiger partial charge in [-0.2, -0.15) is 0 Å². The quantitative estimate of drug-likeness (QED) is 0.457. The standard InChI is InChI=1S/C23H21NO3S/c1-2-19-17-10-12-28-22(17)9-11-24(19)23(25)14-26-15-7-8-21-18(13-15)16-5-3-4-6-20(16)27-21/h3-8,10,12-13,19H,2,9,11,14H2,1H3. The van der Waals surface area contributed by atoms with Gasteiger partial charge in [0.1, 0.15) is 16.9 Å². The van der Waals surface area contributed by atoms with Gasteiger partial charge in [-0.25, -0.2) is 0 Å². The molecule has 4 nitrogen and oxygen atoms in total. The SMILES string of the molecule is CCC1c2ccsc2CCN1C(=O)COc1ccc2oc3ccccc3c2c1. The molecule has 2 aromatic heterocycles. The third kappa shape index (κ3) is 2.87. The first-order valence-corrected chi connectivity index (χ1v) is 10.5. The van der Waals surface area contributed by atoms with Crippen molar-refractivity contribution in [1.29, 1.82) is 0 Å². The number of thiophene rings is 1. The van der Waals surface area contributed by atoms with Gasteiger partial charge < -0.3 is 14.1 Å². The van der Waals surface area contributed by atoms with E-state index in [1.165, 1.54) is 10.4 Å². The van der Waals surface area contributed by atoms with Crippen LogP contribution in [0.25, 0.3) is 21.9 Å². The molecule has 5 rings (SSSR count). The molecular formula is C23H21NO3S. The summed E-state index contributed by atoms with van der Waals surface area (Å²) in [7, 11) is 0. The van der Waals surface area contributed by atoms with Crippen molar-refractivity contribution in [3.8, 4) is 5.75 Å². The maximum atomic E-state index is 12.9. The molecule has 1 amide bonds. The average molecular weight is 391 g/mol. The van der Waals surface area contributed by atoms with Crippen LogP contribution in [0, 0.1) is 0 Å². The fraction of sp³-hybridized carbons (Fsp3) is 0.261. The van der Waals surface area contributed by atoms with Gasteiger partial charge in [-0.1, -0.05) is 25.1 Å². The Bertz CT molecular complexity index is 1160.